The van der Waals surface area contributed by atoms with Crippen molar-refractivity contribution < 1.29 is 19.1 Å². The van der Waals surface area contributed by atoms with Crippen LogP contribution in [0, 0.1) is 0 Å². The zero-order valence-electron chi connectivity index (χ0n) is 16.6. The highest BCUT2D eigenvalue weighted by atomic mass is 32.1. The molecule has 0 saturated heterocycles. The molecule has 1 rings (SSSR count). The number of hydrogen-bond acceptors (Lipinski definition) is 6. The Morgan fingerprint density at radius 1 is 0.893 bits per heavy atom. The van der Waals surface area contributed by atoms with Crippen LogP contribution in [0.3, 0.4) is 0 Å². The molecule has 1 aromatic rings. The normalized spacial score (nSPS) is 10.5. The third-order valence-electron chi connectivity index (χ3n) is 3.36. The van der Waals surface area contributed by atoms with Crippen molar-refractivity contribution in [3.63, 3.8) is 0 Å². The second-order valence-electron chi connectivity index (χ2n) is 6.61. The zero-order valence-corrected chi connectivity index (χ0v) is 18.2. The van der Waals surface area contributed by atoms with Gasteiger partial charge in [0.15, 0.2) is 10.2 Å². The van der Waals surface area contributed by atoms with Gasteiger partial charge in [0.05, 0.1) is 24.6 Å². The van der Waals surface area contributed by atoms with Crippen molar-refractivity contribution in [2.75, 3.05) is 23.8 Å². The molecule has 0 unspecified atom stereocenters. The minimum atomic E-state index is -0.652. The number of amides is 2. The van der Waals surface area contributed by atoms with Crippen molar-refractivity contribution in [3.8, 4) is 0 Å². The van der Waals surface area contributed by atoms with Gasteiger partial charge in [-0.3, -0.25) is 10.6 Å². The van der Waals surface area contributed by atoms with Gasteiger partial charge in [0.25, 0.3) is 0 Å². The smallest absolute Gasteiger partial charge is 0.413 e. The molecule has 0 saturated carbocycles. The van der Waals surface area contributed by atoms with Crippen LogP contribution in [0.25, 0.3) is 0 Å². The molecule has 2 amide bonds. The Labute approximate surface area is 175 Å². The predicted molar refractivity (Wildman–Crippen MR) is 118 cm³/mol. The monoisotopic (exact) mass is 426 g/mol. The summed E-state index contributed by atoms with van der Waals surface area (Å²) in [4.78, 5) is 23.1. The number of nitrogens with one attached hydrogen (secondary N) is 4. The van der Waals surface area contributed by atoms with Gasteiger partial charge in [-0.05, 0) is 61.4 Å². The Kier molecular flexibility index (Phi) is 9.07. The quantitative estimate of drug-likeness (QED) is 0.539. The van der Waals surface area contributed by atoms with E-state index >= 15 is 0 Å². The van der Waals surface area contributed by atoms with Crippen LogP contribution in [0.2, 0.25) is 0 Å². The fourth-order valence-electron chi connectivity index (χ4n) is 2.05. The van der Waals surface area contributed by atoms with Crippen molar-refractivity contribution in [2.45, 2.75) is 40.0 Å². The van der Waals surface area contributed by atoms with E-state index in [9.17, 15) is 9.59 Å². The van der Waals surface area contributed by atoms with E-state index in [-0.39, 0.29) is 28.9 Å². The second-order valence-corrected chi connectivity index (χ2v) is 7.43. The van der Waals surface area contributed by atoms with E-state index in [4.69, 9.17) is 33.9 Å². The molecular weight excluding hydrogens is 400 g/mol. The molecule has 1 aromatic carbocycles. The number of ether oxygens (including phenoxy) is 2. The first-order chi connectivity index (χ1) is 13.1. The molecule has 4 N–H and O–H groups in total. The maximum absolute atomic E-state index is 11.6. The third kappa shape index (κ3) is 8.05. The average molecular weight is 427 g/mol. The minimum absolute atomic E-state index is 0.0641. The van der Waals surface area contributed by atoms with E-state index in [0.717, 1.165) is 5.56 Å². The van der Waals surface area contributed by atoms with E-state index in [1.54, 1.807) is 19.9 Å². The highest BCUT2D eigenvalue weighted by molar-refractivity contribution is 7.80. The van der Waals surface area contributed by atoms with E-state index in [0.29, 0.717) is 11.4 Å². The van der Waals surface area contributed by atoms with Gasteiger partial charge in [-0.1, -0.05) is 26.8 Å². The summed E-state index contributed by atoms with van der Waals surface area (Å²) < 4.78 is 9.61. The fourth-order valence-corrected chi connectivity index (χ4v) is 2.44. The largest absolute Gasteiger partial charge is 0.450 e. The Morgan fingerprint density at radius 2 is 1.36 bits per heavy atom. The minimum Gasteiger partial charge on any atom is -0.450 e. The van der Waals surface area contributed by atoms with Gasteiger partial charge in [0.2, 0.25) is 0 Å². The first kappa shape index (κ1) is 23.6. The van der Waals surface area contributed by atoms with Crippen molar-refractivity contribution in [1.82, 2.24) is 10.6 Å². The number of thiocarbonyl (C=S) groups is 2. The first-order valence-corrected chi connectivity index (χ1v) is 9.52. The van der Waals surface area contributed by atoms with E-state index < -0.39 is 12.2 Å². The molecule has 0 aromatic heterocycles. The van der Waals surface area contributed by atoms with Gasteiger partial charge in [-0.15, -0.1) is 0 Å². The molecule has 0 aliphatic rings. The highest BCUT2D eigenvalue weighted by Crippen LogP contribution is 2.30. The molecule has 0 spiro atoms. The summed E-state index contributed by atoms with van der Waals surface area (Å²) in [7, 11) is 0. The van der Waals surface area contributed by atoms with Crippen LogP contribution in [0.15, 0.2) is 18.2 Å². The predicted octanol–water partition coefficient (Wildman–Crippen LogP) is 3.87. The average Bonchev–Trinajstić information content (AvgIpc) is 2.55. The topological polar surface area (TPSA) is 101 Å². The van der Waals surface area contributed by atoms with Gasteiger partial charge in [-0.2, -0.15) is 0 Å². The number of carbonyl (C=O) groups excluding carboxylic acids is 2. The molecule has 0 bridgehead atoms. The highest BCUT2D eigenvalue weighted by Gasteiger charge is 2.17. The van der Waals surface area contributed by atoms with Crippen molar-refractivity contribution in [3.05, 3.63) is 23.8 Å². The van der Waals surface area contributed by atoms with Crippen LogP contribution in [-0.4, -0.2) is 35.6 Å². The summed E-state index contributed by atoms with van der Waals surface area (Å²) in [5.74, 6) is 0. The van der Waals surface area contributed by atoms with E-state index in [1.807, 2.05) is 12.1 Å². The number of hydrogen-bond donors (Lipinski definition) is 4. The zero-order chi connectivity index (χ0) is 21.3. The Bertz CT molecular complexity index is 748. The van der Waals surface area contributed by atoms with Crippen LogP contribution in [0.4, 0.5) is 21.0 Å². The summed E-state index contributed by atoms with van der Waals surface area (Å²) >= 11 is 10.3. The van der Waals surface area contributed by atoms with Crippen molar-refractivity contribution in [2.24, 2.45) is 0 Å². The van der Waals surface area contributed by atoms with Crippen LogP contribution < -0.4 is 21.3 Å². The first-order valence-electron chi connectivity index (χ1n) is 8.70. The lowest BCUT2D eigenvalue weighted by molar-refractivity contribution is 0.157. The van der Waals surface area contributed by atoms with Crippen LogP contribution in [0.1, 0.15) is 40.2 Å². The molecule has 0 aliphatic carbocycles. The summed E-state index contributed by atoms with van der Waals surface area (Å²) in [6.45, 7) is 10.1. The molecule has 0 radical (unpaired) electrons. The maximum Gasteiger partial charge on any atom is 0.413 e. The standard InChI is InChI=1S/C18H26N4O4S2/c1-6-25-16(23)21-14(27)19-12-9-8-11(18(3,4)5)10-13(12)20-15(28)22-17(24)26-7-2/h8-10H,6-7H2,1-5H3,(H2,19,21,23,27)(H2,20,22,24,28). The summed E-state index contributed by atoms with van der Waals surface area (Å²) in [6, 6.07) is 5.62. The van der Waals surface area contributed by atoms with Crippen LogP contribution >= 0.6 is 24.4 Å². The molecule has 0 fully saturated rings. The molecule has 154 valence electrons. The molecule has 0 aliphatic heterocycles. The molecular formula is C18H26N4O4S2. The van der Waals surface area contributed by atoms with Crippen LogP contribution in [0.5, 0.6) is 0 Å². The summed E-state index contributed by atoms with van der Waals surface area (Å²) in [5, 5.41) is 10.8. The SMILES string of the molecule is CCOC(=O)NC(=S)Nc1ccc(C(C)(C)C)cc1NC(=S)NC(=O)OCC. The van der Waals surface area contributed by atoms with Gasteiger partial charge in [0.1, 0.15) is 0 Å². The number of anilines is 2. The molecule has 8 nitrogen and oxygen atoms in total. The Balaban J connectivity index is 3.02. The third-order valence-corrected chi connectivity index (χ3v) is 3.77. The van der Waals surface area contributed by atoms with Crippen LogP contribution in [-0.2, 0) is 14.9 Å². The lowest BCUT2D eigenvalue weighted by Crippen LogP contribution is -2.36. The molecule has 0 heterocycles. The van der Waals surface area contributed by atoms with Gasteiger partial charge in [-0.25, -0.2) is 9.59 Å². The van der Waals surface area contributed by atoms with E-state index in [2.05, 4.69) is 42.0 Å². The summed E-state index contributed by atoms with van der Waals surface area (Å²) in [6.07, 6.45) is -1.30. The number of carbonyl (C=O) groups is 2. The number of benzene rings is 1. The molecule has 28 heavy (non-hydrogen) atoms. The Morgan fingerprint density at radius 3 is 1.79 bits per heavy atom. The van der Waals surface area contributed by atoms with Crippen molar-refractivity contribution >= 4 is 58.2 Å². The van der Waals surface area contributed by atoms with E-state index in [1.165, 1.54) is 0 Å². The van der Waals surface area contributed by atoms with Crippen molar-refractivity contribution in [1.29, 1.82) is 0 Å². The Hall–Kier alpha value is -2.46. The molecule has 10 heteroatoms. The number of rotatable bonds is 4. The van der Waals surface area contributed by atoms with Gasteiger partial charge < -0.3 is 20.1 Å². The second kappa shape index (κ2) is 10.8. The lowest BCUT2D eigenvalue weighted by atomic mass is 9.86. The van der Waals surface area contributed by atoms with Gasteiger partial charge in [0, 0.05) is 0 Å². The molecule has 0 atom stereocenters. The van der Waals surface area contributed by atoms with Gasteiger partial charge >= 0.3 is 12.2 Å². The number of alkyl carbamates (subject to hydrolysis) is 2. The lowest BCUT2D eigenvalue weighted by Gasteiger charge is -2.22. The fraction of sp³-hybridized carbons (Fsp3) is 0.444. The maximum atomic E-state index is 11.6. The summed E-state index contributed by atoms with van der Waals surface area (Å²) in [5.41, 5.74) is 2.04.